The number of nitrogens with zero attached hydrogens (tertiary/aromatic N) is 1. The number of alkyl halides is 3. The van der Waals surface area contributed by atoms with Crippen molar-refractivity contribution in [3.8, 4) is 0 Å². The van der Waals surface area contributed by atoms with Gasteiger partial charge in [0.15, 0.2) is 0 Å². The quantitative estimate of drug-likeness (QED) is 0.748. The number of carbonyl (C=O) groups is 3. The van der Waals surface area contributed by atoms with Gasteiger partial charge in [0.05, 0.1) is 5.56 Å². The van der Waals surface area contributed by atoms with Crippen LogP contribution in [0, 0.1) is 0 Å². The predicted molar refractivity (Wildman–Crippen MR) is 98.7 cm³/mol. The van der Waals surface area contributed by atoms with E-state index in [9.17, 15) is 27.6 Å². The smallest absolute Gasteiger partial charge is 0.325 e. The Kier molecular flexibility index (Phi) is 5.32. The van der Waals surface area contributed by atoms with Crippen LogP contribution in [0.3, 0.4) is 0 Å². The highest BCUT2D eigenvalue weighted by atomic mass is 19.4. The number of amides is 4. The number of imide groups is 1. The summed E-state index contributed by atoms with van der Waals surface area (Å²) >= 11 is 0. The SMILES string of the molecule is CCC1(c2ccccc2)NC(=O)N(CC(=O)Nc2cccc(C(F)(F)F)c2)C1=O. The van der Waals surface area contributed by atoms with Crippen LogP contribution >= 0.6 is 0 Å². The summed E-state index contributed by atoms with van der Waals surface area (Å²) in [6, 6.07) is 12.0. The van der Waals surface area contributed by atoms with E-state index in [0.29, 0.717) is 5.56 Å². The number of halogens is 3. The van der Waals surface area contributed by atoms with E-state index in [0.717, 1.165) is 23.1 Å². The highest BCUT2D eigenvalue weighted by molar-refractivity contribution is 6.10. The average Bonchev–Trinajstić information content (AvgIpc) is 2.93. The van der Waals surface area contributed by atoms with Gasteiger partial charge in [0.1, 0.15) is 12.1 Å². The molecule has 1 heterocycles. The van der Waals surface area contributed by atoms with Crippen molar-refractivity contribution in [1.29, 1.82) is 0 Å². The Bertz CT molecular complexity index is 947. The molecule has 1 aliphatic rings. The number of nitrogens with one attached hydrogen (secondary N) is 2. The Morgan fingerprint density at radius 2 is 1.79 bits per heavy atom. The maximum absolute atomic E-state index is 13.0. The second-order valence-corrected chi connectivity index (χ2v) is 6.57. The third-order valence-electron chi connectivity index (χ3n) is 4.75. The molecule has 1 atom stereocenters. The zero-order chi connectivity index (χ0) is 21.2. The molecule has 0 saturated carbocycles. The van der Waals surface area contributed by atoms with E-state index in [1.807, 2.05) is 0 Å². The molecule has 0 radical (unpaired) electrons. The van der Waals surface area contributed by atoms with Crippen LogP contribution in [-0.4, -0.2) is 29.3 Å². The maximum atomic E-state index is 13.0. The fourth-order valence-electron chi connectivity index (χ4n) is 3.25. The number of rotatable bonds is 5. The number of carbonyl (C=O) groups excluding carboxylic acids is 3. The second kappa shape index (κ2) is 7.57. The lowest BCUT2D eigenvalue weighted by atomic mass is 9.87. The summed E-state index contributed by atoms with van der Waals surface area (Å²) in [5.74, 6) is -1.37. The highest BCUT2D eigenvalue weighted by Crippen LogP contribution is 2.33. The van der Waals surface area contributed by atoms with Crippen LogP contribution in [0.2, 0.25) is 0 Å². The van der Waals surface area contributed by atoms with Crippen molar-refractivity contribution in [2.75, 3.05) is 11.9 Å². The summed E-state index contributed by atoms with van der Waals surface area (Å²) in [7, 11) is 0. The number of hydrogen-bond acceptors (Lipinski definition) is 3. The molecular formula is C20H18F3N3O3. The van der Waals surface area contributed by atoms with Gasteiger partial charge in [0, 0.05) is 5.69 Å². The summed E-state index contributed by atoms with van der Waals surface area (Å²) in [6.07, 6.45) is -4.28. The topological polar surface area (TPSA) is 78.5 Å². The molecule has 1 aliphatic heterocycles. The van der Waals surface area contributed by atoms with Crippen LogP contribution in [0.4, 0.5) is 23.7 Å². The maximum Gasteiger partial charge on any atom is 0.416 e. The van der Waals surface area contributed by atoms with Crippen molar-refractivity contribution in [3.05, 3.63) is 65.7 Å². The van der Waals surface area contributed by atoms with Gasteiger partial charge < -0.3 is 10.6 Å². The number of hydrogen-bond donors (Lipinski definition) is 2. The van der Waals surface area contributed by atoms with E-state index in [-0.39, 0.29) is 12.1 Å². The first kappa shape index (κ1) is 20.4. The lowest BCUT2D eigenvalue weighted by Crippen LogP contribution is -2.44. The molecular weight excluding hydrogens is 387 g/mol. The van der Waals surface area contributed by atoms with Gasteiger partial charge in [-0.25, -0.2) is 4.79 Å². The second-order valence-electron chi connectivity index (χ2n) is 6.57. The van der Waals surface area contributed by atoms with Crippen molar-refractivity contribution in [2.24, 2.45) is 0 Å². The third kappa shape index (κ3) is 3.94. The Morgan fingerprint density at radius 3 is 2.41 bits per heavy atom. The van der Waals surface area contributed by atoms with Crippen LogP contribution < -0.4 is 10.6 Å². The van der Waals surface area contributed by atoms with Crippen molar-refractivity contribution in [3.63, 3.8) is 0 Å². The van der Waals surface area contributed by atoms with Gasteiger partial charge >= 0.3 is 12.2 Å². The van der Waals surface area contributed by atoms with E-state index in [4.69, 9.17) is 0 Å². The lowest BCUT2D eigenvalue weighted by Gasteiger charge is -2.25. The normalized spacial score (nSPS) is 19.2. The molecule has 2 N–H and O–H groups in total. The Balaban J connectivity index is 1.76. The largest absolute Gasteiger partial charge is 0.416 e. The van der Waals surface area contributed by atoms with Gasteiger partial charge in [-0.1, -0.05) is 43.3 Å². The molecule has 0 aliphatic carbocycles. The van der Waals surface area contributed by atoms with E-state index in [1.165, 1.54) is 6.07 Å². The van der Waals surface area contributed by atoms with Crippen molar-refractivity contribution < 1.29 is 27.6 Å². The zero-order valence-electron chi connectivity index (χ0n) is 15.4. The van der Waals surface area contributed by atoms with Crippen LogP contribution in [0.5, 0.6) is 0 Å². The summed E-state index contributed by atoms with van der Waals surface area (Å²) in [5, 5.41) is 4.93. The van der Waals surface area contributed by atoms with Crippen LogP contribution in [-0.2, 0) is 21.3 Å². The molecule has 2 aromatic rings. The van der Waals surface area contributed by atoms with Gasteiger partial charge in [-0.15, -0.1) is 0 Å². The minimum absolute atomic E-state index is 0.0818. The Hall–Kier alpha value is -3.36. The number of benzene rings is 2. The molecule has 0 spiro atoms. The first-order chi connectivity index (χ1) is 13.7. The molecule has 2 aromatic carbocycles. The monoisotopic (exact) mass is 405 g/mol. The number of urea groups is 1. The summed E-state index contributed by atoms with van der Waals surface area (Å²) < 4.78 is 38.4. The van der Waals surface area contributed by atoms with Gasteiger partial charge in [0.2, 0.25) is 5.91 Å². The lowest BCUT2D eigenvalue weighted by molar-refractivity contribution is -0.137. The Labute approximate surface area is 164 Å². The van der Waals surface area contributed by atoms with Crippen LogP contribution in [0.25, 0.3) is 0 Å². The first-order valence-electron chi connectivity index (χ1n) is 8.84. The molecule has 29 heavy (non-hydrogen) atoms. The molecule has 0 bridgehead atoms. The van der Waals surface area contributed by atoms with Gasteiger partial charge in [0.25, 0.3) is 5.91 Å². The summed E-state index contributed by atoms with van der Waals surface area (Å²) in [6.45, 7) is 1.12. The highest BCUT2D eigenvalue weighted by Gasteiger charge is 2.51. The molecule has 4 amide bonds. The average molecular weight is 405 g/mol. The fraction of sp³-hybridized carbons (Fsp3) is 0.250. The molecule has 6 nitrogen and oxygen atoms in total. The minimum atomic E-state index is -4.55. The molecule has 1 saturated heterocycles. The summed E-state index contributed by atoms with van der Waals surface area (Å²) in [4.78, 5) is 38.4. The first-order valence-corrected chi connectivity index (χ1v) is 8.84. The van der Waals surface area contributed by atoms with Crippen LogP contribution in [0.1, 0.15) is 24.5 Å². The van der Waals surface area contributed by atoms with Gasteiger partial charge in [-0.2, -0.15) is 13.2 Å². The van der Waals surface area contributed by atoms with E-state index >= 15 is 0 Å². The molecule has 152 valence electrons. The van der Waals surface area contributed by atoms with Crippen molar-refractivity contribution >= 4 is 23.5 Å². The minimum Gasteiger partial charge on any atom is -0.325 e. The molecule has 9 heteroatoms. The fourth-order valence-corrected chi connectivity index (χ4v) is 3.25. The molecule has 3 rings (SSSR count). The van der Waals surface area contributed by atoms with Gasteiger partial charge in [-0.3, -0.25) is 14.5 Å². The van der Waals surface area contributed by atoms with E-state index in [2.05, 4.69) is 10.6 Å². The third-order valence-corrected chi connectivity index (χ3v) is 4.75. The molecule has 1 fully saturated rings. The number of anilines is 1. The Morgan fingerprint density at radius 1 is 1.10 bits per heavy atom. The standard InChI is InChI=1S/C20H18F3N3O3/c1-2-19(13-7-4-3-5-8-13)17(28)26(18(29)25-19)12-16(27)24-15-10-6-9-14(11-15)20(21,22)23/h3-11H,2,12H2,1H3,(H,24,27)(H,25,29). The van der Waals surface area contributed by atoms with Crippen LogP contribution in [0.15, 0.2) is 54.6 Å². The van der Waals surface area contributed by atoms with E-state index < -0.39 is 41.7 Å². The summed E-state index contributed by atoms with van der Waals surface area (Å²) in [5.41, 5.74) is -1.70. The molecule has 1 unspecified atom stereocenters. The molecule has 0 aromatic heterocycles. The van der Waals surface area contributed by atoms with Gasteiger partial charge in [-0.05, 0) is 30.2 Å². The predicted octanol–water partition coefficient (Wildman–Crippen LogP) is 3.50. The van der Waals surface area contributed by atoms with E-state index in [1.54, 1.807) is 37.3 Å². The van der Waals surface area contributed by atoms with Crippen molar-refractivity contribution in [1.82, 2.24) is 10.2 Å². The zero-order valence-corrected chi connectivity index (χ0v) is 15.4. The van der Waals surface area contributed by atoms with Crippen molar-refractivity contribution in [2.45, 2.75) is 25.1 Å².